The second-order valence-electron chi connectivity index (χ2n) is 5.32. The topological polar surface area (TPSA) is 35.2 Å². The maximum atomic E-state index is 5.93. The Balaban J connectivity index is 1.86. The second kappa shape index (κ2) is 4.96. The predicted molar refractivity (Wildman–Crippen MR) is 78.7 cm³/mol. The molecule has 0 bridgehead atoms. The van der Waals surface area contributed by atoms with E-state index in [-0.39, 0.29) is 0 Å². The van der Waals surface area contributed by atoms with E-state index in [0.29, 0.717) is 0 Å². The molecule has 2 aromatic rings. The number of ether oxygens (including phenoxy) is 1. The Morgan fingerprint density at radius 1 is 0.895 bits per heavy atom. The van der Waals surface area contributed by atoms with E-state index in [2.05, 4.69) is 18.2 Å². The smallest absolute Gasteiger partial charge is 0.129 e. The van der Waals surface area contributed by atoms with Crippen LogP contribution in [0.1, 0.15) is 29.5 Å². The first kappa shape index (κ1) is 12.1. The third kappa shape index (κ3) is 2.73. The molecule has 0 atom stereocenters. The summed E-state index contributed by atoms with van der Waals surface area (Å²) >= 11 is 0. The van der Waals surface area contributed by atoms with Gasteiger partial charge in [0.05, 0.1) is 0 Å². The highest BCUT2D eigenvalue weighted by atomic mass is 16.5. The molecule has 0 unspecified atom stereocenters. The zero-order chi connectivity index (χ0) is 13.2. The third-order valence-electron chi connectivity index (χ3n) is 3.63. The maximum Gasteiger partial charge on any atom is 0.129 e. The number of nitrogens with two attached hydrogens (primary N) is 1. The fourth-order valence-electron chi connectivity index (χ4n) is 2.74. The standard InChI is InChI=1S/C17H19NO/c1-12-8-15(18)11-17(9-12)19-16-7-6-13-4-2-3-5-14(13)10-16/h6-11H,2-5,18H2,1H3. The van der Waals surface area contributed by atoms with Crippen molar-refractivity contribution in [3.63, 3.8) is 0 Å². The van der Waals surface area contributed by atoms with E-state index in [0.717, 1.165) is 22.7 Å². The lowest BCUT2D eigenvalue weighted by atomic mass is 9.92. The van der Waals surface area contributed by atoms with Crippen molar-refractivity contribution in [2.75, 3.05) is 5.73 Å². The zero-order valence-electron chi connectivity index (χ0n) is 11.3. The summed E-state index contributed by atoms with van der Waals surface area (Å²) in [6.45, 7) is 2.02. The van der Waals surface area contributed by atoms with Gasteiger partial charge in [-0.15, -0.1) is 0 Å². The lowest BCUT2D eigenvalue weighted by Crippen LogP contribution is -2.02. The van der Waals surface area contributed by atoms with Crippen LogP contribution in [0.5, 0.6) is 11.5 Å². The number of rotatable bonds is 2. The molecule has 0 fully saturated rings. The Bertz CT molecular complexity index is 584. The summed E-state index contributed by atoms with van der Waals surface area (Å²) in [4.78, 5) is 0. The van der Waals surface area contributed by atoms with Gasteiger partial charge in [-0.25, -0.2) is 0 Å². The monoisotopic (exact) mass is 253 g/mol. The van der Waals surface area contributed by atoms with Crippen LogP contribution in [0, 0.1) is 6.92 Å². The van der Waals surface area contributed by atoms with Crippen LogP contribution in [0.2, 0.25) is 0 Å². The number of fused-ring (bicyclic) bond motifs is 1. The summed E-state index contributed by atoms with van der Waals surface area (Å²) in [5.41, 5.74) is 10.6. The van der Waals surface area contributed by atoms with Gasteiger partial charge in [0.2, 0.25) is 0 Å². The van der Waals surface area contributed by atoms with Crippen LogP contribution < -0.4 is 10.5 Å². The van der Waals surface area contributed by atoms with Crippen LogP contribution in [0.4, 0.5) is 5.69 Å². The number of benzene rings is 2. The van der Waals surface area contributed by atoms with Crippen molar-refractivity contribution >= 4 is 5.69 Å². The molecule has 2 heteroatoms. The molecular weight excluding hydrogens is 234 g/mol. The molecular formula is C17H19NO. The molecule has 0 radical (unpaired) electrons. The predicted octanol–water partition coefficient (Wildman–Crippen LogP) is 4.25. The molecule has 19 heavy (non-hydrogen) atoms. The average molecular weight is 253 g/mol. The van der Waals surface area contributed by atoms with Gasteiger partial charge in [0, 0.05) is 11.8 Å². The van der Waals surface area contributed by atoms with Crippen molar-refractivity contribution in [3.05, 3.63) is 53.1 Å². The van der Waals surface area contributed by atoms with Crippen LogP contribution in [-0.4, -0.2) is 0 Å². The van der Waals surface area contributed by atoms with Gasteiger partial charge < -0.3 is 10.5 Å². The van der Waals surface area contributed by atoms with Crippen LogP contribution in [-0.2, 0) is 12.8 Å². The number of hydrogen-bond donors (Lipinski definition) is 1. The summed E-state index contributed by atoms with van der Waals surface area (Å²) in [7, 11) is 0. The molecule has 0 heterocycles. The highest BCUT2D eigenvalue weighted by Crippen LogP contribution is 2.29. The minimum absolute atomic E-state index is 0.743. The minimum atomic E-state index is 0.743. The number of aryl methyl sites for hydroxylation is 3. The molecule has 0 saturated carbocycles. The molecule has 3 rings (SSSR count). The van der Waals surface area contributed by atoms with Gasteiger partial charge in [0.15, 0.2) is 0 Å². The van der Waals surface area contributed by atoms with E-state index in [1.165, 1.54) is 36.8 Å². The molecule has 0 aliphatic heterocycles. The van der Waals surface area contributed by atoms with Crippen LogP contribution in [0.15, 0.2) is 36.4 Å². The number of hydrogen-bond acceptors (Lipinski definition) is 2. The average Bonchev–Trinajstić information content (AvgIpc) is 2.37. The summed E-state index contributed by atoms with van der Waals surface area (Å²) in [5, 5.41) is 0. The first-order valence-corrected chi connectivity index (χ1v) is 6.87. The van der Waals surface area contributed by atoms with Gasteiger partial charge in [0.1, 0.15) is 11.5 Å². The molecule has 0 aromatic heterocycles. The quantitative estimate of drug-likeness (QED) is 0.812. The van der Waals surface area contributed by atoms with E-state index >= 15 is 0 Å². The van der Waals surface area contributed by atoms with Gasteiger partial charge in [-0.2, -0.15) is 0 Å². The van der Waals surface area contributed by atoms with Gasteiger partial charge >= 0.3 is 0 Å². The molecule has 2 nitrogen and oxygen atoms in total. The number of nitrogen functional groups attached to an aromatic ring is 1. The Hall–Kier alpha value is -1.96. The van der Waals surface area contributed by atoms with E-state index in [1.807, 2.05) is 25.1 Å². The molecule has 2 N–H and O–H groups in total. The molecule has 2 aromatic carbocycles. The van der Waals surface area contributed by atoms with Crippen LogP contribution in [0.25, 0.3) is 0 Å². The third-order valence-corrected chi connectivity index (χ3v) is 3.63. The summed E-state index contributed by atoms with van der Waals surface area (Å²) in [6, 6.07) is 12.3. The van der Waals surface area contributed by atoms with E-state index in [4.69, 9.17) is 10.5 Å². The van der Waals surface area contributed by atoms with Gasteiger partial charge in [-0.05, 0) is 73.6 Å². The Labute approximate surface area is 114 Å². The van der Waals surface area contributed by atoms with Crippen molar-refractivity contribution in [3.8, 4) is 11.5 Å². The van der Waals surface area contributed by atoms with Crippen molar-refractivity contribution in [2.45, 2.75) is 32.6 Å². The molecule has 1 aliphatic rings. The second-order valence-corrected chi connectivity index (χ2v) is 5.32. The highest BCUT2D eigenvalue weighted by Gasteiger charge is 2.10. The summed E-state index contributed by atoms with van der Waals surface area (Å²) in [5.74, 6) is 1.72. The Kier molecular flexibility index (Phi) is 3.16. The maximum absolute atomic E-state index is 5.93. The molecule has 0 spiro atoms. The van der Waals surface area contributed by atoms with Crippen molar-refractivity contribution in [2.24, 2.45) is 0 Å². The van der Waals surface area contributed by atoms with Crippen molar-refractivity contribution in [1.29, 1.82) is 0 Å². The summed E-state index contributed by atoms with van der Waals surface area (Å²) < 4.78 is 5.93. The molecule has 0 saturated heterocycles. The van der Waals surface area contributed by atoms with E-state index in [9.17, 15) is 0 Å². The largest absolute Gasteiger partial charge is 0.457 e. The zero-order valence-corrected chi connectivity index (χ0v) is 11.3. The Morgan fingerprint density at radius 3 is 2.47 bits per heavy atom. The highest BCUT2D eigenvalue weighted by molar-refractivity contribution is 5.49. The molecule has 0 amide bonds. The van der Waals surface area contributed by atoms with Crippen LogP contribution >= 0.6 is 0 Å². The van der Waals surface area contributed by atoms with Crippen molar-refractivity contribution in [1.82, 2.24) is 0 Å². The van der Waals surface area contributed by atoms with Crippen molar-refractivity contribution < 1.29 is 4.74 Å². The van der Waals surface area contributed by atoms with E-state index in [1.54, 1.807) is 0 Å². The number of anilines is 1. The Morgan fingerprint density at radius 2 is 1.68 bits per heavy atom. The fraction of sp³-hybridized carbons (Fsp3) is 0.294. The summed E-state index contributed by atoms with van der Waals surface area (Å²) in [6.07, 6.45) is 4.96. The van der Waals surface area contributed by atoms with Gasteiger partial charge in [0.25, 0.3) is 0 Å². The fourth-order valence-corrected chi connectivity index (χ4v) is 2.74. The van der Waals surface area contributed by atoms with E-state index < -0.39 is 0 Å². The minimum Gasteiger partial charge on any atom is -0.457 e. The molecule has 98 valence electrons. The van der Waals surface area contributed by atoms with Gasteiger partial charge in [-0.3, -0.25) is 0 Å². The first-order valence-electron chi connectivity index (χ1n) is 6.87. The van der Waals surface area contributed by atoms with Gasteiger partial charge in [-0.1, -0.05) is 6.07 Å². The normalized spacial score (nSPS) is 13.9. The first-order chi connectivity index (χ1) is 9.20. The molecule has 1 aliphatic carbocycles. The van der Waals surface area contributed by atoms with Crippen LogP contribution in [0.3, 0.4) is 0 Å². The lowest BCUT2D eigenvalue weighted by Gasteiger charge is -2.17. The SMILES string of the molecule is Cc1cc(N)cc(Oc2ccc3c(c2)CCCC3)c1. The lowest BCUT2D eigenvalue weighted by molar-refractivity contribution is 0.480.